The fraction of sp³-hybridized carbons (Fsp3) is 0.643. The van der Waals surface area contributed by atoms with E-state index in [0.717, 1.165) is 19.5 Å². The van der Waals surface area contributed by atoms with Crippen molar-refractivity contribution in [3.8, 4) is 0 Å². The number of rotatable bonds is 5. The highest BCUT2D eigenvalue weighted by Crippen LogP contribution is 2.18. The number of halogens is 1. The first-order chi connectivity index (χ1) is 8.66. The van der Waals surface area contributed by atoms with Crippen molar-refractivity contribution in [3.05, 3.63) is 21.9 Å². The second-order valence-corrected chi connectivity index (χ2v) is 6.11. The van der Waals surface area contributed by atoms with Gasteiger partial charge in [-0.15, -0.1) is 23.7 Å². The summed E-state index contributed by atoms with van der Waals surface area (Å²) in [6.07, 6.45) is 4.12. The summed E-state index contributed by atoms with van der Waals surface area (Å²) >= 11 is 1.73. The molecule has 2 rings (SSSR count). The van der Waals surface area contributed by atoms with Crippen LogP contribution in [0.1, 0.15) is 36.1 Å². The van der Waals surface area contributed by atoms with Crippen LogP contribution in [0.2, 0.25) is 0 Å². The maximum atomic E-state index is 12.0. The van der Waals surface area contributed by atoms with Gasteiger partial charge in [0.05, 0.1) is 6.54 Å². The molecule has 0 saturated carbocycles. The van der Waals surface area contributed by atoms with Gasteiger partial charge in [-0.2, -0.15) is 0 Å². The summed E-state index contributed by atoms with van der Waals surface area (Å²) in [5.74, 6) is 0.261. The third kappa shape index (κ3) is 4.79. The third-order valence-corrected chi connectivity index (χ3v) is 4.65. The van der Waals surface area contributed by atoms with Crippen molar-refractivity contribution in [1.29, 1.82) is 0 Å². The first-order valence-electron chi connectivity index (χ1n) is 6.67. The Balaban J connectivity index is 0.00000180. The molecular formula is C14H23ClN2OS. The fourth-order valence-corrected chi connectivity index (χ4v) is 3.32. The molecule has 0 aromatic carbocycles. The van der Waals surface area contributed by atoms with E-state index in [4.69, 9.17) is 0 Å². The first kappa shape index (κ1) is 16.5. The standard InChI is InChI=1S/C14H22N2OS.ClH/c1-11-7-9-18-13(11)10-16(2)14(17)6-5-12-4-3-8-15-12;/h7,9,12,15H,3-6,8,10H2,1-2H3;1H. The molecule has 1 aromatic rings. The zero-order chi connectivity index (χ0) is 13.0. The molecule has 0 aliphatic carbocycles. The van der Waals surface area contributed by atoms with E-state index in [-0.39, 0.29) is 18.3 Å². The van der Waals surface area contributed by atoms with Gasteiger partial charge in [0.25, 0.3) is 0 Å². The van der Waals surface area contributed by atoms with E-state index in [1.54, 1.807) is 11.3 Å². The summed E-state index contributed by atoms with van der Waals surface area (Å²) in [5, 5.41) is 5.53. The largest absolute Gasteiger partial charge is 0.341 e. The predicted molar refractivity (Wildman–Crippen MR) is 83.0 cm³/mol. The Morgan fingerprint density at radius 1 is 1.58 bits per heavy atom. The summed E-state index contributed by atoms with van der Waals surface area (Å²) in [7, 11) is 1.91. The van der Waals surface area contributed by atoms with E-state index in [9.17, 15) is 4.79 Å². The lowest BCUT2D eigenvalue weighted by atomic mass is 10.1. The number of hydrogen-bond donors (Lipinski definition) is 1. The van der Waals surface area contributed by atoms with Crippen molar-refractivity contribution >= 4 is 29.7 Å². The number of carbonyl (C=O) groups is 1. The monoisotopic (exact) mass is 302 g/mol. The van der Waals surface area contributed by atoms with Crippen LogP contribution in [0.5, 0.6) is 0 Å². The normalized spacial score (nSPS) is 18.1. The number of hydrogen-bond acceptors (Lipinski definition) is 3. The van der Waals surface area contributed by atoms with Crippen LogP contribution in [-0.4, -0.2) is 30.4 Å². The lowest BCUT2D eigenvalue weighted by Gasteiger charge is -2.18. The lowest BCUT2D eigenvalue weighted by molar-refractivity contribution is -0.130. The summed E-state index contributed by atoms with van der Waals surface area (Å²) in [5.41, 5.74) is 1.29. The van der Waals surface area contributed by atoms with Crippen LogP contribution in [0.25, 0.3) is 0 Å². The van der Waals surface area contributed by atoms with Crippen LogP contribution in [0.15, 0.2) is 11.4 Å². The molecule has 19 heavy (non-hydrogen) atoms. The van der Waals surface area contributed by atoms with Crippen molar-refractivity contribution in [2.45, 2.75) is 45.2 Å². The van der Waals surface area contributed by atoms with Gasteiger partial charge < -0.3 is 10.2 Å². The second-order valence-electron chi connectivity index (χ2n) is 5.11. The molecule has 1 fully saturated rings. The Bertz CT molecular complexity index is 402. The van der Waals surface area contributed by atoms with E-state index >= 15 is 0 Å². The molecule has 5 heteroatoms. The van der Waals surface area contributed by atoms with Crippen molar-refractivity contribution in [2.75, 3.05) is 13.6 Å². The van der Waals surface area contributed by atoms with Gasteiger partial charge in [0, 0.05) is 24.4 Å². The van der Waals surface area contributed by atoms with E-state index in [1.807, 2.05) is 11.9 Å². The molecule has 108 valence electrons. The van der Waals surface area contributed by atoms with Crippen LogP contribution < -0.4 is 5.32 Å². The van der Waals surface area contributed by atoms with Crippen molar-refractivity contribution in [3.63, 3.8) is 0 Å². The van der Waals surface area contributed by atoms with Crippen LogP contribution in [-0.2, 0) is 11.3 Å². The molecule has 2 heterocycles. The predicted octanol–water partition coefficient (Wildman–Crippen LogP) is 2.97. The molecule has 0 radical (unpaired) electrons. The number of nitrogens with one attached hydrogen (secondary N) is 1. The van der Waals surface area contributed by atoms with Crippen molar-refractivity contribution < 1.29 is 4.79 Å². The molecule has 1 unspecified atom stereocenters. The SMILES string of the molecule is Cc1ccsc1CN(C)C(=O)CCC1CCCN1.Cl. The molecule has 1 aliphatic rings. The summed E-state index contributed by atoms with van der Waals surface area (Å²) in [4.78, 5) is 15.2. The number of carbonyl (C=O) groups excluding carboxylic acids is 1. The fourth-order valence-electron chi connectivity index (χ4n) is 2.36. The van der Waals surface area contributed by atoms with Gasteiger partial charge in [-0.3, -0.25) is 4.79 Å². The van der Waals surface area contributed by atoms with Gasteiger partial charge in [0.1, 0.15) is 0 Å². The highest BCUT2D eigenvalue weighted by molar-refractivity contribution is 7.10. The number of amides is 1. The maximum absolute atomic E-state index is 12.0. The van der Waals surface area contributed by atoms with Gasteiger partial charge in [-0.25, -0.2) is 0 Å². The molecule has 1 atom stereocenters. The van der Waals surface area contributed by atoms with Gasteiger partial charge >= 0.3 is 0 Å². The maximum Gasteiger partial charge on any atom is 0.222 e. The molecule has 0 bridgehead atoms. The highest BCUT2D eigenvalue weighted by atomic mass is 35.5. The molecule has 0 spiro atoms. The number of nitrogens with zero attached hydrogens (tertiary/aromatic N) is 1. The Morgan fingerprint density at radius 3 is 2.95 bits per heavy atom. The first-order valence-corrected chi connectivity index (χ1v) is 7.55. The Morgan fingerprint density at radius 2 is 2.37 bits per heavy atom. The van der Waals surface area contributed by atoms with Crippen LogP contribution in [0.4, 0.5) is 0 Å². The summed E-state index contributed by atoms with van der Waals surface area (Å²) < 4.78 is 0. The van der Waals surface area contributed by atoms with Gasteiger partial charge in [-0.1, -0.05) is 0 Å². The second kappa shape index (κ2) is 7.88. The summed E-state index contributed by atoms with van der Waals surface area (Å²) in [6.45, 7) is 3.97. The Kier molecular flexibility index (Phi) is 6.83. The zero-order valence-electron chi connectivity index (χ0n) is 11.6. The average Bonchev–Trinajstić information content (AvgIpc) is 2.99. The van der Waals surface area contributed by atoms with E-state index in [1.165, 1.54) is 23.3 Å². The van der Waals surface area contributed by atoms with Gasteiger partial charge in [0.2, 0.25) is 5.91 Å². The minimum absolute atomic E-state index is 0. The molecular weight excluding hydrogens is 280 g/mol. The minimum Gasteiger partial charge on any atom is -0.341 e. The molecule has 1 aliphatic heterocycles. The van der Waals surface area contributed by atoms with Gasteiger partial charge in [0.15, 0.2) is 0 Å². The third-order valence-electron chi connectivity index (χ3n) is 3.64. The highest BCUT2D eigenvalue weighted by Gasteiger charge is 2.17. The topological polar surface area (TPSA) is 32.3 Å². The Hall–Kier alpha value is -0.580. The molecule has 1 aromatic heterocycles. The molecule has 3 nitrogen and oxygen atoms in total. The number of thiophene rings is 1. The van der Waals surface area contributed by atoms with E-state index in [2.05, 4.69) is 23.7 Å². The summed E-state index contributed by atoms with van der Waals surface area (Å²) in [6, 6.07) is 2.67. The number of aryl methyl sites for hydroxylation is 1. The van der Waals surface area contributed by atoms with Crippen molar-refractivity contribution in [1.82, 2.24) is 10.2 Å². The quantitative estimate of drug-likeness (QED) is 0.907. The average molecular weight is 303 g/mol. The molecule has 1 amide bonds. The molecule has 1 N–H and O–H groups in total. The smallest absolute Gasteiger partial charge is 0.222 e. The Labute approximate surface area is 125 Å². The van der Waals surface area contributed by atoms with Crippen LogP contribution in [0.3, 0.4) is 0 Å². The molecule has 1 saturated heterocycles. The van der Waals surface area contributed by atoms with E-state index in [0.29, 0.717) is 12.5 Å². The minimum atomic E-state index is 0. The van der Waals surface area contributed by atoms with Crippen molar-refractivity contribution in [2.24, 2.45) is 0 Å². The van der Waals surface area contributed by atoms with Crippen LogP contribution in [0, 0.1) is 6.92 Å². The van der Waals surface area contributed by atoms with Crippen LogP contribution >= 0.6 is 23.7 Å². The lowest BCUT2D eigenvalue weighted by Crippen LogP contribution is -2.29. The van der Waals surface area contributed by atoms with E-state index < -0.39 is 0 Å². The van der Waals surface area contributed by atoms with Gasteiger partial charge in [-0.05, 0) is 49.7 Å². The zero-order valence-corrected chi connectivity index (χ0v) is 13.3.